The highest BCUT2D eigenvalue weighted by molar-refractivity contribution is 5.96. The SMILES string of the molecule is CCCN(C(CC)C(=O)Nc1c(C)cccc1C)C(C)(C)C.Cl. The predicted molar refractivity (Wildman–Crippen MR) is 103 cm³/mol. The molecule has 1 unspecified atom stereocenters. The largest absolute Gasteiger partial charge is 0.324 e. The van der Waals surface area contributed by atoms with Crippen molar-refractivity contribution in [2.24, 2.45) is 0 Å². The van der Waals surface area contributed by atoms with Gasteiger partial charge in [0.05, 0.1) is 6.04 Å². The normalized spacial score (nSPS) is 12.7. The Balaban J connectivity index is 0.00000484. The van der Waals surface area contributed by atoms with E-state index in [0.29, 0.717) is 0 Å². The molecule has 0 bridgehead atoms. The molecular weight excluding hydrogens is 308 g/mol. The number of benzene rings is 1. The Hall–Kier alpha value is -1.06. The first-order chi connectivity index (χ1) is 10.2. The smallest absolute Gasteiger partial charge is 0.241 e. The summed E-state index contributed by atoms with van der Waals surface area (Å²) in [5, 5.41) is 3.16. The van der Waals surface area contributed by atoms with Crippen LogP contribution in [0.1, 0.15) is 58.6 Å². The van der Waals surface area contributed by atoms with E-state index >= 15 is 0 Å². The monoisotopic (exact) mass is 340 g/mol. The molecule has 3 nitrogen and oxygen atoms in total. The highest BCUT2D eigenvalue weighted by Crippen LogP contribution is 2.23. The molecule has 0 aliphatic heterocycles. The third-order valence-corrected chi connectivity index (χ3v) is 4.12. The zero-order valence-corrected chi connectivity index (χ0v) is 16.5. The topological polar surface area (TPSA) is 32.3 Å². The molecule has 1 atom stereocenters. The number of carbonyl (C=O) groups excluding carboxylic acids is 1. The summed E-state index contributed by atoms with van der Waals surface area (Å²) in [5.74, 6) is 0.100. The van der Waals surface area contributed by atoms with E-state index in [2.05, 4.69) is 44.8 Å². The number of nitrogens with zero attached hydrogens (tertiary/aromatic N) is 1. The van der Waals surface area contributed by atoms with Gasteiger partial charge in [-0.1, -0.05) is 32.0 Å². The number of anilines is 1. The number of hydrogen-bond donors (Lipinski definition) is 1. The summed E-state index contributed by atoms with van der Waals surface area (Å²) in [6.45, 7) is 15.8. The summed E-state index contributed by atoms with van der Waals surface area (Å²) in [6, 6.07) is 6.00. The molecule has 1 aromatic rings. The van der Waals surface area contributed by atoms with Crippen molar-refractivity contribution in [3.8, 4) is 0 Å². The van der Waals surface area contributed by atoms with Gasteiger partial charge in [0.1, 0.15) is 0 Å². The third-order valence-electron chi connectivity index (χ3n) is 4.12. The maximum atomic E-state index is 12.9. The average molecular weight is 341 g/mol. The van der Waals surface area contributed by atoms with Gasteiger partial charge in [0.2, 0.25) is 5.91 Å². The molecule has 0 spiro atoms. The quantitative estimate of drug-likeness (QED) is 0.794. The van der Waals surface area contributed by atoms with Crippen LogP contribution < -0.4 is 5.32 Å². The summed E-state index contributed by atoms with van der Waals surface area (Å²) < 4.78 is 0. The van der Waals surface area contributed by atoms with Crippen LogP contribution in [-0.4, -0.2) is 28.9 Å². The first-order valence-electron chi connectivity index (χ1n) is 8.36. The van der Waals surface area contributed by atoms with Crippen molar-refractivity contribution >= 4 is 24.0 Å². The zero-order chi connectivity index (χ0) is 16.9. The number of hydrogen-bond acceptors (Lipinski definition) is 2. The van der Waals surface area contributed by atoms with Crippen LogP contribution in [-0.2, 0) is 4.79 Å². The number of para-hydroxylation sites is 1. The van der Waals surface area contributed by atoms with Gasteiger partial charge in [0.25, 0.3) is 0 Å². The molecule has 0 saturated heterocycles. The maximum absolute atomic E-state index is 12.9. The lowest BCUT2D eigenvalue weighted by Gasteiger charge is -2.40. The Morgan fingerprint density at radius 3 is 2.09 bits per heavy atom. The predicted octanol–water partition coefficient (Wildman–Crippen LogP) is 4.95. The standard InChI is InChI=1S/C19H32N2O.ClH/c1-8-13-21(19(5,6)7)16(9-2)18(22)20-17-14(3)11-10-12-15(17)4;/h10-12,16H,8-9,13H2,1-7H3,(H,20,22);1H. The fourth-order valence-corrected chi connectivity index (χ4v) is 2.97. The molecule has 1 aromatic carbocycles. The van der Waals surface area contributed by atoms with Crippen molar-refractivity contribution in [2.75, 3.05) is 11.9 Å². The van der Waals surface area contributed by atoms with Crippen molar-refractivity contribution in [1.82, 2.24) is 4.90 Å². The number of aryl methyl sites for hydroxylation is 2. The maximum Gasteiger partial charge on any atom is 0.241 e. The van der Waals surface area contributed by atoms with Gasteiger partial charge in [0, 0.05) is 11.2 Å². The minimum absolute atomic E-state index is 0. The van der Waals surface area contributed by atoms with E-state index in [4.69, 9.17) is 0 Å². The Kier molecular flexibility index (Phi) is 8.86. The second-order valence-electron chi connectivity index (χ2n) is 7.04. The summed E-state index contributed by atoms with van der Waals surface area (Å²) in [7, 11) is 0. The van der Waals surface area contributed by atoms with E-state index in [1.54, 1.807) is 0 Å². The number of carbonyl (C=O) groups is 1. The first kappa shape index (κ1) is 21.9. The Morgan fingerprint density at radius 1 is 1.17 bits per heavy atom. The van der Waals surface area contributed by atoms with E-state index < -0.39 is 0 Å². The third kappa shape index (κ3) is 5.82. The van der Waals surface area contributed by atoms with Crippen molar-refractivity contribution in [1.29, 1.82) is 0 Å². The van der Waals surface area contributed by atoms with Gasteiger partial charge >= 0.3 is 0 Å². The molecule has 1 amide bonds. The van der Waals surface area contributed by atoms with Crippen LogP contribution in [0.15, 0.2) is 18.2 Å². The molecular formula is C19H33ClN2O. The van der Waals surface area contributed by atoms with Crippen LogP contribution in [0, 0.1) is 13.8 Å². The minimum atomic E-state index is -0.0982. The number of nitrogens with one attached hydrogen (secondary N) is 1. The second kappa shape index (κ2) is 9.29. The van der Waals surface area contributed by atoms with Crippen LogP contribution in [0.3, 0.4) is 0 Å². The molecule has 132 valence electrons. The first-order valence-corrected chi connectivity index (χ1v) is 8.36. The lowest BCUT2D eigenvalue weighted by Crippen LogP contribution is -2.53. The number of halogens is 1. The molecule has 0 radical (unpaired) electrons. The highest BCUT2D eigenvalue weighted by atomic mass is 35.5. The van der Waals surface area contributed by atoms with E-state index in [0.717, 1.165) is 36.2 Å². The second-order valence-corrected chi connectivity index (χ2v) is 7.04. The Labute approximate surface area is 148 Å². The van der Waals surface area contributed by atoms with Gasteiger partial charge in [-0.25, -0.2) is 0 Å². The molecule has 4 heteroatoms. The van der Waals surface area contributed by atoms with Gasteiger partial charge in [-0.05, 0) is 65.1 Å². The van der Waals surface area contributed by atoms with Gasteiger partial charge in [-0.3, -0.25) is 9.69 Å². The van der Waals surface area contributed by atoms with Gasteiger partial charge < -0.3 is 5.32 Å². The fourth-order valence-electron chi connectivity index (χ4n) is 2.97. The minimum Gasteiger partial charge on any atom is -0.324 e. The van der Waals surface area contributed by atoms with Crippen LogP contribution in [0.25, 0.3) is 0 Å². The molecule has 1 rings (SSSR count). The average Bonchev–Trinajstić information content (AvgIpc) is 2.42. The van der Waals surface area contributed by atoms with Gasteiger partial charge in [-0.15, -0.1) is 12.4 Å². The molecule has 1 N–H and O–H groups in total. The van der Waals surface area contributed by atoms with E-state index in [9.17, 15) is 4.79 Å². The molecule has 0 saturated carbocycles. The van der Waals surface area contributed by atoms with Crippen LogP contribution in [0.4, 0.5) is 5.69 Å². The number of rotatable bonds is 6. The molecule has 0 aliphatic carbocycles. The number of amides is 1. The van der Waals surface area contributed by atoms with Crippen molar-refractivity contribution in [3.63, 3.8) is 0 Å². The van der Waals surface area contributed by atoms with Crippen LogP contribution in [0.5, 0.6) is 0 Å². The highest BCUT2D eigenvalue weighted by Gasteiger charge is 2.32. The molecule has 0 aromatic heterocycles. The Morgan fingerprint density at radius 2 is 1.70 bits per heavy atom. The van der Waals surface area contributed by atoms with Crippen molar-refractivity contribution in [2.45, 2.75) is 72.9 Å². The van der Waals surface area contributed by atoms with E-state index in [1.165, 1.54) is 0 Å². The van der Waals surface area contributed by atoms with E-state index in [-0.39, 0.29) is 29.9 Å². The van der Waals surface area contributed by atoms with Crippen LogP contribution in [0.2, 0.25) is 0 Å². The molecule has 0 fully saturated rings. The molecule has 23 heavy (non-hydrogen) atoms. The molecule has 0 heterocycles. The molecule has 0 aliphatic rings. The van der Waals surface area contributed by atoms with Gasteiger partial charge in [0.15, 0.2) is 0 Å². The summed E-state index contributed by atoms with van der Waals surface area (Å²) in [6.07, 6.45) is 1.86. The van der Waals surface area contributed by atoms with Gasteiger partial charge in [-0.2, -0.15) is 0 Å². The summed E-state index contributed by atoms with van der Waals surface area (Å²) >= 11 is 0. The summed E-state index contributed by atoms with van der Waals surface area (Å²) in [5.41, 5.74) is 3.16. The summed E-state index contributed by atoms with van der Waals surface area (Å²) in [4.78, 5) is 15.2. The Bertz CT molecular complexity index is 488. The fraction of sp³-hybridized carbons (Fsp3) is 0.632. The zero-order valence-electron chi connectivity index (χ0n) is 15.7. The van der Waals surface area contributed by atoms with Crippen molar-refractivity contribution < 1.29 is 4.79 Å². The van der Waals surface area contributed by atoms with Crippen molar-refractivity contribution in [3.05, 3.63) is 29.3 Å². The van der Waals surface area contributed by atoms with Crippen LogP contribution >= 0.6 is 12.4 Å². The lowest BCUT2D eigenvalue weighted by atomic mass is 9.99. The lowest BCUT2D eigenvalue weighted by molar-refractivity contribution is -0.123. The van der Waals surface area contributed by atoms with E-state index in [1.807, 2.05) is 32.0 Å².